The Bertz CT molecular complexity index is 492. The predicted molar refractivity (Wildman–Crippen MR) is 56.7 cm³/mol. The molecule has 0 radical (unpaired) electrons. The topological polar surface area (TPSA) is 17.1 Å². The molecule has 0 spiro atoms. The fourth-order valence-electron chi connectivity index (χ4n) is 1.36. The molecule has 2 aromatic rings. The van der Waals surface area contributed by atoms with Gasteiger partial charge in [-0.2, -0.15) is 0 Å². The van der Waals surface area contributed by atoms with Crippen molar-refractivity contribution < 1.29 is 9.18 Å². The highest BCUT2D eigenvalue weighted by Crippen LogP contribution is 2.29. The Morgan fingerprint density at radius 1 is 1.50 bits per heavy atom. The van der Waals surface area contributed by atoms with Crippen LogP contribution in [0.25, 0.3) is 10.1 Å². The van der Waals surface area contributed by atoms with Gasteiger partial charge in [0.25, 0.3) is 0 Å². The van der Waals surface area contributed by atoms with E-state index in [2.05, 4.69) is 0 Å². The molecule has 0 aliphatic carbocycles. The monoisotopic (exact) mass is 228 g/mol. The van der Waals surface area contributed by atoms with E-state index >= 15 is 0 Å². The summed E-state index contributed by atoms with van der Waals surface area (Å²) in [6.07, 6.45) is 0.764. The molecule has 0 bridgehead atoms. The summed E-state index contributed by atoms with van der Waals surface area (Å²) in [6.45, 7) is 0. The van der Waals surface area contributed by atoms with Crippen LogP contribution >= 0.6 is 22.9 Å². The van der Waals surface area contributed by atoms with Gasteiger partial charge < -0.3 is 0 Å². The number of alkyl halides is 1. The second-order valence-corrected chi connectivity index (χ2v) is 4.22. The van der Waals surface area contributed by atoms with Crippen LogP contribution in [0.2, 0.25) is 0 Å². The van der Waals surface area contributed by atoms with E-state index in [9.17, 15) is 9.18 Å². The number of hydrogen-bond donors (Lipinski definition) is 0. The maximum Gasteiger partial charge on any atom is 0.160 e. The molecule has 0 saturated carbocycles. The molecule has 0 unspecified atom stereocenters. The van der Waals surface area contributed by atoms with E-state index in [1.54, 1.807) is 12.1 Å². The van der Waals surface area contributed by atoms with Crippen LogP contribution in [0.5, 0.6) is 0 Å². The SMILES string of the molecule is O=Cc1cc2c(CCl)c(F)ccc2s1. The van der Waals surface area contributed by atoms with Gasteiger partial charge in [-0.05, 0) is 18.2 Å². The van der Waals surface area contributed by atoms with Crippen LogP contribution < -0.4 is 0 Å². The third-order valence-electron chi connectivity index (χ3n) is 2.02. The van der Waals surface area contributed by atoms with Gasteiger partial charge in [0.15, 0.2) is 6.29 Å². The summed E-state index contributed by atoms with van der Waals surface area (Å²) in [5.41, 5.74) is 0.466. The lowest BCUT2D eigenvalue weighted by Crippen LogP contribution is -1.85. The number of aldehydes is 1. The minimum atomic E-state index is -0.317. The van der Waals surface area contributed by atoms with Crippen molar-refractivity contribution in [2.24, 2.45) is 0 Å². The van der Waals surface area contributed by atoms with Gasteiger partial charge in [0, 0.05) is 15.6 Å². The molecular formula is C10H6ClFOS. The van der Waals surface area contributed by atoms with Crippen molar-refractivity contribution >= 4 is 39.3 Å². The summed E-state index contributed by atoms with van der Waals surface area (Å²) in [5.74, 6) is -0.194. The minimum absolute atomic E-state index is 0.123. The summed E-state index contributed by atoms with van der Waals surface area (Å²) in [6, 6.07) is 4.72. The van der Waals surface area contributed by atoms with Crippen LogP contribution in [-0.2, 0) is 5.88 Å². The highest BCUT2D eigenvalue weighted by molar-refractivity contribution is 7.20. The van der Waals surface area contributed by atoms with Gasteiger partial charge in [0.1, 0.15) is 5.82 Å². The van der Waals surface area contributed by atoms with Gasteiger partial charge in [-0.25, -0.2) is 4.39 Å². The molecular weight excluding hydrogens is 223 g/mol. The number of fused-ring (bicyclic) bond motifs is 1. The van der Waals surface area contributed by atoms with Crippen LogP contribution in [-0.4, -0.2) is 6.29 Å². The summed E-state index contributed by atoms with van der Waals surface area (Å²) in [4.78, 5) is 11.1. The van der Waals surface area contributed by atoms with Gasteiger partial charge in [-0.3, -0.25) is 4.79 Å². The summed E-state index contributed by atoms with van der Waals surface area (Å²) >= 11 is 6.98. The number of thiophene rings is 1. The van der Waals surface area contributed by atoms with E-state index < -0.39 is 0 Å². The van der Waals surface area contributed by atoms with E-state index in [4.69, 9.17) is 11.6 Å². The Morgan fingerprint density at radius 2 is 2.29 bits per heavy atom. The predicted octanol–water partition coefficient (Wildman–Crippen LogP) is 3.59. The third-order valence-corrected chi connectivity index (χ3v) is 3.32. The third kappa shape index (κ3) is 1.42. The summed E-state index contributed by atoms with van der Waals surface area (Å²) in [5, 5.41) is 0.743. The van der Waals surface area contributed by atoms with E-state index in [0.717, 1.165) is 16.4 Å². The number of halogens is 2. The fraction of sp³-hybridized carbons (Fsp3) is 0.100. The lowest BCUT2D eigenvalue weighted by Gasteiger charge is -1.99. The van der Waals surface area contributed by atoms with Crippen LogP contribution in [0.4, 0.5) is 4.39 Å². The summed E-state index contributed by atoms with van der Waals surface area (Å²) in [7, 11) is 0. The van der Waals surface area contributed by atoms with Crippen LogP contribution in [0.15, 0.2) is 18.2 Å². The Kier molecular flexibility index (Phi) is 2.52. The maximum atomic E-state index is 13.3. The van der Waals surface area contributed by atoms with E-state index in [1.165, 1.54) is 17.4 Å². The molecule has 2 rings (SSSR count). The number of carbonyl (C=O) groups excluding carboxylic acids is 1. The van der Waals surface area contributed by atoms with Gasteiger partial charge in [0.2, 0.25) is 0 Å². The smallest absolute Gasteiger partial charge is 0.160 e. The molecule has 1 heterocycles. The summed E-state index contributed by atoms with van der Waals surface area (Å²) < 4.78 is 14.2. The lowest BCUT2D eigenvalue weighted by molar-refractivity contribution is 0.112. The van der Waals surface area contributed by atoms with Crippen LogP contribution in [0.1, 0.15) is 15.2 Å². The Labute approximate surface area is 89.1 Å². The largest absolute Gasteiger partial charge is 0.297 e. The number of rotatable bonds is 2. The van der Waals surface area contributed by atoms with Crippen molar-refractivity contribution in [3.63, 3.8) is 0 Å². The maximum absolute atomic E-state index is 13.3. The van der Waals surface area contributed by atoms with Crippen molar-refractivity contribution in [3.05, 3.63) is 34.5 Å². The van der Waals surface area contributed by atoms with E-state index in [-0.39, 0.29) is 11.7 Å². The Hall–Kier alpha value is -0.930. The molecule has 0 amide bonds. The molecule has 1 aromatic heterocycles. The zero-order chi connectivity index (χ0) is 10.1. The molecule has 4 heteroatoms. The van der Waals surface area contributed by atoms with Crippen molar-refractivity contribution in [2.75, 3.05) is 0 Å². The molecule has 1 nitrogen and oxygen atoms in total. The average Bonchev–Trinajstić information content (AvgIpc) is 2.60. The number of carbonyl (C=O) groups is 1. The minimum Gasteiger partial charge on any atom is -0.297 e. The highest BCUT2D eigenvalue weighted by atomic mass is 35.5. The first-order valence-electron chi connectivity index (χ1n) is 3.98. The quantitative estimate of drug-likeness (QED) is 0.567. The van der Waals surface area contributed by atoms with Gasteiger partial charge in [-0.1, -0.05) is 0 Å². The molecule has 0 atom stereocenters. The molecule has 1 aromatic carbocycles. The first kappa shape index (κ1) is 9.62. The van der Waals surface area contributed by atoms with Crippen molar-refractivity contribution in [2.45, 2.75) is 5.88 Å². The first-order valence-corrected chi connectivity index (χ1v) is 5.33. The Morgan fingerprint density at radius 3 is 2.93 bits per heavy atom. The standard InChI is InChI=1S/C10H6ClFOS/c11-4-8-7-3-6(5-13)14-10(7)2-1-9(8)12/h1-3,5H,4H2. The second-order valence-electron chi connectivity index (χ2n) is 2.84. The molecule has 14 heavy (non-hydrogen) atoms. The normalized spacial score (nSPS) is 10.7. The van der Waals surface area contributed by atoms with Gasteiger partial charge in [-0.15, -0.1) is 22.9 Å². The first-order chi connectivity index (χ1) is 6.76. The molecule has 0 saturated heterocycles. The van der Waals surface area contributed by atoms with Crippen LogP contribution in [0.3, 0.4) is 0 Å². The molecule has 72 valence electrons. The van der Waals surface area contributed by atoms with Gasteiger partial charge >= 0.3 is 0 Å². The number of hydrogen-bond acceptors (Lipinski definition) is 2. The van der Waals surface area contributed by atoms with Crippen molar-refractivity contribution in [1.82, 2.24) is 0 Å². The molecule has 0 fully saturated rings. The van der Waals surface area contributed by atoms with Crippen LogP contribution in [0, 0.1) is 5.82 Å². The Balaban J connectivity index is 2.79. The molecule has 0 N–H and O–H groups in total. The molecule has 0 aliphatic heterocycles. The zero-order valence-corrected chi connectivity index (χ0v) is 8.66. The number of benzene rings is 1. The van der Waals surface area contributed by atoms with Crippen molar-refractivity contribution in [1.29, 1.82) is 0 Å². The lowest BCUT2D eigenvalue weighted by atomic mass is 10.1. The van der Waals surface area contributed by atoms with Crippen molar-refractivity contribution in [3.8, 4) is 0 Å². The second kappa shape index (κ2) is 3.67. The highest BCUT2D eigenvalue weighted by Gasteiger charge is 2.09. The zero-order valence-electron chi connectivity index (χ0n) is 7.09. The molecule has 0 aliphatic rings. The average molecular weight is 229 g/mol. The van der Waals surface area contributed by atoms with Gasteiger partial charge in [0.05, 0.1) is 10.8 Å². The fourth-order valence-corrected chi connectivity index (χ4v) is 2.54. The van der Waals surface area contributed by atoms with E-state index in [1.807, 2.05) is 0 Å². The van der Waals surface area contributed by atoms with E-state index in [0.29, 0.717) is 10.4 Å².